The van der Waals surface area contributed by atoms with E-state index in [1.807, 2.05) is 0 Å². The predicted molar refractivity (Wildman–Crippen MR) is 70.5 cm³/mol. The highest BCUT2D eigenvalue weighted by Gasteiger charge is 2.44. The predicted octanol–water partition coefficient (Wildman–Crippen LogP) is 4.07. The Morgan fingerprint density at radius 2 is 2.00 bits per heavy atom. The molecule has 3 heteroatoms. The molecule has 1 fully saturated rings. The van der Waals surface area contributed by atoms with Crippen LogP contribution >= 0.6 is 7.14 Å². The fourth-order valence-corrected chi connectivity index (χ4v) is 5.74. The molecule has 1 rings (SSSR count). The zero-order chi connectivity index (χ0) is 12.2. The minimum absolute atomic E-state index is 0.606. The summed E-state index contributed by atoms with van der Waals surface area (Å²) in [6.45, 7) is 5.65. The van der Waals surface area contributed by atoms with Crippen molar-refractivity contribution in [2.75, 3.05) is 12.3 Å². The third-order valence-electron chi connectivity index (χ3n) is 3.91. The van der Waals surface area contributed by atoms with Crippen molar-refractivity contribution >= 4 is 7.14 Å². The van der Waals surface area contributed by atoms with Crippen molar-refractivity contribution < 1.29 is 9.67 Å². The summed E-state index contributed by atoms with van der Waals surface area (Å²) >= 11 is 0. The van der Waals surface area contributed by atoms with E-state index in [0.717, 1.165) is 18.7 Å². The van der Waals surface area contributed by atoms with E-state index >= 15 is 0 Å². The molecule has 0 bridgehead atoms. The highest BCUT2D eigenvalue weighted by Crippen LogP contribution is 2.63. The van der Waals surface area contributed by atoms with Gasteiger partial charge in [0.05, 0.1) is 0 Å². The van der Waals surface area contributed by atoms with Crippen molar-refractivity contribution in [1.29, 1.82) is 0 Å². The quantitative estimate of drug-likeness (QED) is 0.566. The maximum atomic E-state index is 12.5. The molecule has 2 atom stereocenters. The monoisotopic (exact) mass is 246 g/mol. The van der Waals surface area contributed by atoms with Gasteiger partial charge in [-0.15, -0.1) is 0 Å². The molecule has 0 aromatic heterocycles. The second-order valence-corrected chi connectivity index (χ2v) is 9.48. The van der Waals surface area contributed by atoms with Crippen LogP contribution in [-0.4, -0.2) is 22.8 Å². The van der Waals surface area contributed by atoms with E-state index in [0.29, 0.717) is 5.92 Å². The van der Waals surface area contributed by atoms with Crippen molar-refractivity contribution in [1.82, 2.24) is 0 Å². The van der Waals surface area contributed by atoms with Crippen LogP contribution in [-0.2, 0) is 4.57 Å². The average Bonchev–Trinajstić information content (AvgIpc) is 2.56. The molecule has 1 heterocycles. The van der Waals surface area contributed by atoms with Gasteiger partial charge in [0.15, 0.2) is 0 Å². The second-order valence-electron chi connectivity index (χ2n) is 5.79. The van der Waals surface area contributed by atoms with E-state index in [9.17, 15) is 9.67 Å². The summed E-state index contributed by atoms with van der Waals surface area (Å²) < 4.78 is 12.5. The Hall–Kier alpha value is 0.190. The van der Waals surface area contributed by atoms with Gasteiger partial charge >= 0.3 is 0 Å². The molecule has 0 aromatic carbocycles. The molecule has 1 N–H and O–H groups in total. The van der Waals surface area contributed by atoms with E-state index in [1.54, 1.807) is 13.8 Å². The molecule has 0 aromatic rings. The summed E-state index contributed by atoms with van der Waals surface area (Å²) in [6, 6.07) is 0. The Morgan fingerprint density at radius 3 is 2.50 bits per heavy atom. The van der Waals surface area contributed by atoms with E-state index in [2.05, 4.69) is 6.92 Å². The Morgan fingerprint density at radius 1 is 1.31 bits per heavy atom. The minimum atomic E-state index is -2.31. The van der Waals surface area contributed by atoms with Crippen LogP contribution in [0.25, 0.3) is 0 Å². The maximum absolute atomic E-state index is 12.5. The summed E-state index contributed by atoms with van der Waals surface area (Å²) in [4.78, 5) is 0. The normalized spacial score (nSPS) is 30.9. The Labute approximate surface area is 100 Å². The molecule has 0 aliphatic carbocycles. The topological polar surface area (TPSA) is 37.3 Å². The SMILES string of the molecule is CCCCCCC1CCP(=O)(C(C)(C)O)C1. The fraction of sp³-hybridized carbons (Fsp3) is 1.00. The number of hydrogen-bond donors (Lipinski definition) is 1. The fourth-order valence-electron chi connectivity index (χ4n) is 2.58. The summed E-state index contributed by atoms with van der Waals surface area (Å²) in [5.74, 6) is 0.606. The lowest BCUT2D eigenvalue weighted by molar-refractivity contribution is 0.163. The first kappa shape index (κ1) is 14.3. The maximum Gasteiger partial charge on any atom is 0.117 e. The molecule has 0 amide bonds. The molecular formula is C13H27O2P. The van der Waals surface area contributed by atoms with Crippen LogP contribution < -0.4 is 0 Å². The van der Waals surface area contributed by atoms with Gasteiger partial charge in [0.2, 0.25) is 0 Å². The highest BCUT2D eigenvalue weighted by atomic mass is 31.2. The summed E-state index contributed by atoms with van der Waals surface area (Å²) in [5.41, 5.74) is 0. The van der Waals surface area contributed by atoms with Gasteiger partial charge in [-0.1, -0.05) is 32.6 Å². The lowest BCUT2D eigenvalue weighted by Crippen LogP contribution is -2.20. The van der Waals surface area contributed by atoms with Crippen LogP contribution in [0.15, 0.2) is 0 Å². The standard InChI is InChI=1S/C13H27O2P/c1-4-5-6-7-8-12-9-10-16(15,11-12)13(2,3)14/h12,14H,4-11H2,1-3H3. The number of unbranched alkanes of at least 4 members (excludes halogenated alkanes) is 3. The van der Waals surface area contributed by atoms with Crippen molar-refractivity contribution in [3.8, 4) is 0 Å². The molecule has 96 valence electrons. The van der Waals surface area contributed by atoms with Gasteiger partial charge in [-0.2, -0.15) is 0 Å². The first-order chi connectivity index (χ1) is 7.39. The summed E-state index contributed by atoms with van der Waals surface area (Å²) in [6.07, 6.45) is 8.97. The van der Waals surface area contributed by atoms with Crippen LogP contribution in [0.4, 0.5) is 0 Å². The minimum Gasteiger partial charge on any atom is -0.383 e. The third-order valence-corrected chi connectivity index (χ3v) is 8.00. The average molecular weight is 246 g/mol. The van der Waals surface area contributed by atoms with Crippen LogP contribution in [0.2, 0.25) is 0 Å². The summed E-state index contributed by atoms with van der Waals surface area (Å²) in [5, 5.41) is 8.99. The molecule has 2 nitrogen and oxygen atoms in total. The van der Waals surface area contributed by atoms with Crippen molar-refractivity contribution in [2.45, 2.75) is 64.6 Å². The zero-order valence-corrected chi connectivity index (χ0v) is 11.9. The second kappa shape index (κ2) is 5.69. The molecule has 16 heavy (non-hydrogen) atoms. The van der Waals surface area contributed by atoms with Crippen LogP contribution in [0.3, 0.4) is 0 Å². The lowest BCUT2D eigenvalue weighted by atomic mass is 10.0. The highest BCUT2D eigenvalue weighted by molar-refractivity contribution is 7.65. The third kappa shape index (κ3) is 3.60. The van der Waals surface area contributed by atoms with Crippen LogP contribution in [0.5, 0.6) is 0 Å². The first-order valence-electron chi connectivity index (χ1n) is 6.69. The van der Waals surface area contributed by atoms with Gasteiger partial charge < -0.3 is 9.67 Å². The lowest BCUT2D eigenvalue weighted by Gasteiger charge is -2.26. The Kier molecular flexibility index (Phi) is 5.07. The van der Waals surface area contributed by atoms with E-state index in [-0.39, 0.29) is 0 Å². The summed E-state index contributed by atoms with van der Waals surface area (Å²) in [7, 11) is -2.31. The van der Waals surface area contributed by atoms with Crippen molar-refractivity contribution in [3.05, 3.63) is 0 Å². The van der Waals surface area contributed by atoms with E-state index in [1.165, 1.54) is 32.1 Å². The molecule has 2 unspecified atom stereocenters. The van der Waals surface area contributed by atoms with Crippen molar-refractivity contribution in [3.63, 3.8) is 0 Å². The first-order valence-corrected chi connectivity index (χ1v) is 8.77. The molecule has 1 saturated heterocycles. The zero-order valence-electron chi connectivity index (χ0n) is 11.0. The number of aliphatic hydroxyl groups is 1. The van der Waals surface area contributed by atoms with Gasteiger partial charge in [-0.05, 0) is 32.6 Å². The van der Waals surface area contributed by atoms with E-state index in [4.69, 9.17) is 0 Å². The molecule has 0 spiro atoms. The van der Waals surface area contributed by atoms with E-state index < -0.39 is 12.5 Å². The number of rotatable bonds is 6. The Bertz CT molecular complexity index is 255. The Balaban J connectivity index is 2.33. The van der Waals surface area contributed by atoms with Crippen LogP contribution in [0, 0.1) is 5.92 Å². The molecular weight excluding hydrogens is 219 g/mol. The van der Waals surface area contributed by atoms with Gasteiger partial charge in [0, 0.05) is 12.3 Å². The smallest absolute Gasteiger partial charge is 0.117 e. The van der Waals surface area contributed by atoms with Gasteiger partial charge in [0.25, 0.3) is 0 Å². The number of hydrogen-bond acceptors (Lipinski definition) is 2. The molecule has 0 radical (unpaired) electrons. The largest absolute Gasteiger partial charge is 0.383 e. The van der Waals surface area contributed by atoms with Crippen molar-refractivity contribution in [2.24, 2.45) is 5.92 Å². The molecule has 0 saturated carbocycles. The molecule has 1 aliphatic heterocycles. The van der Waals surface area contributed by atoms with Crippen LogP contribution in [0.1, 0.15) is 59.3 Å². The van der Waals surface area contributed by atoms with Gasteiger partial charge in [-0.25, -0.2) is 0 Å². The van der Waals surface area contributed by atoms with Gasteiger partial charge in [0.1, 0.15) is 12.5 Å². The molecule has 1 aliphatic rings. The van der Waals surface area contributed by atoms with Gasteiger partial charge in [-0.3, -0.25) is 0 Å².